The number of rotatable bonds is 4. The van der Waals surface area contributed by atoms with E-state index in [1.807, 2.05) is 11.6 Å². The average Bonchev–Trinajstić information content (AvgIpc) is 2.58. The third-order valence-electron chi connectivity index (χ3n) is 2.15. The minimum absolute atomic E-state index is 0.509. The lowest BCUT2D eigenvalue weighted by molar-refractivity contribution is 0.251. The van der Waals surface area contributed by atoms with Crippen LogP contribution in [0.1, 0.15) is 31.3 Å². The van der Waals surface area contributed by atoms with E-state index in [0.29, 0.717) is 6.04 Å². The molecule has 1 rings (SSSR count). The molecule has 68 valence electrons. The highest BCUT2D eigenvalue weighted by molar-refractivity contribution is 7.09. The maximum Gasteiger partial charge on any atom is 0.110 e. The Morgan fingerprint density at radius 1 is 1.58 bits per heavy atom. The van der Waals surface area contributed by atoms with Gasteiger partial charge in [-0.1, -0.05) is 13.8 Å². The molecule has 1 unspecified atom stereocenters. The summed E-state index contributed by atoms with van der Waals surface area (Å²) < 4.78 is 0. The van der Waals surface area contributed by atoms with Crippen molar-refractivity contribution in [2.75, 3.05) is 13.6 Å². The molecule has 0 aliphatic carbocycles. The van der Waals surface area contributed by atoms with Gasteiger partial charge >= 0.3 is 0 Å². The second kappa shape index (κ2) is 4.58. The SMILES string of the molecule is CCC(c1nccs1)N(C)CC. The molecule has 0 N–H and O–H groups in total. The molecule has 0 amide bonds. The summed E-state index contributed by atoms with van der Waals surface area (Å²) in [5.41, 5.74) is 0. The van der Waals surface area contributed by atoms with Gasteiger partial charge in [0.15, 0.2) is 0 Å². The number of hydrogen-bond acceptors (Lipinski definition) is 3. The van der Waals surface area contributed by atoms with Gasteiger partial charge in [-0.25, -0.2) is 4.98 Å². The Bertz CT molecular complexity index is 208. The second-order valence-electron chi connectivity index (χ2n) is 2.87. The topological polar surface area (TPSA) is 16.1 Å². The highest BCUT2D eigenvalue weighted by Crippen LogP contribution is 2.23. The van der Waals surface area contributed by atoms with Crippen LogP contribution in [-0.4, -0.2) is 23.5 Å². The summed E-state index contributed by atoms with van der Waals surface area (Å²) in [6.07, 6.45) is 3.02. The lowest BCUT2D eigenvalue weighted by Crippen LogP contribution is -2.23. The Hall–Kier alpha value is -0.410. The number of aromatic nitrogens is 1. The molecule has 0 aromatic carbocycles. The third kappa shape index (κ3) is 2.05. The van der Waals surface area contributed by atoms with Gasteiger partial charge in [0.1, 0.15) is 5.01 Å². The molecular weight excluding hydrogens is 168 g/mol. The van der Waals surface area contributed by atoms with Crippen molar-refractivity contribution in [1.29, 1.82) is 0 Å². The van der Waals surface area contributed by atoms with Crippen molar-refractivity contribution in [3.05, 3.63) is 16.6 Å². The van der Waals surface area contributed by atoms with Gasteiger partial charge in [-0.3, -0.25) is 4.90 Å². The van der Waals surface area contributed by atoms with Crippen LogP contribution in [0.3, 0.4) is 0 Å². The molecule has 1 aromatic heterocycles. The Morgan fingerprint density at radius 2 is 2.33 bits per heavy atom. The zero-order chi connectivity index (χ0) is 8.97. The van der Waals surface area contributed by atoms with Crippen LogP contribution < -0.4 is 0 Å². The lowest BCUT2D eigenvalue weighted by atomic mass is 10.2. The molecule has 0 saturated carbocycles. The van der Waals surface area contributed by atoms with Crippen LogP contribution >= 0.6 is 11.3 Å². The maximum atomic E-state index is 4.33. The zero-order valence-electron chi connectivity index (χ0n) is 7.95. The molecule has 0 saturated heterocycles. The van der Waals surface area contributed by atoms with Crippen molar-refractivity contribution < 1.29 is 0 Å². The molecule has 0 radical (unpaired) electrons. The zero-order valence-corrected chi connectivity index (χ0v) is 8.77. The molecule has 1 heterocycles. The van der Waals surface area contributed by atoms with Gasteiger partial charge in [0, 0.05) is 11.6 Å². The second-order valence-corrected chi connectivity index (χ2v) is 3.79. The van der Waals surface area contributed by atoms with E-state index in [-0.39, 0.29) is 0 Å². The highest BCUT2D eigenvalue weighted by atomic mass is 32.1. The quantitative estimate of drug-likeness (QED) is 0.715. The summed E-state index contributed by atoms with van der Waals surface area (Å²) in [4.78, 5) is 6.67. The summed E-state index contributed by atoms with van der Waals surface area (Å²) in [5, 5.41) is 3.28. The van der Waals surface area contributed by atoms with Gasteiger partial charge in [-0.15, -0.1) is 11.3 Å². The van der Waals surface area contributed by atoms with Gasteiger partial charge < -0.3 is 0 Å². The summed E-state index contributed by atoms with van der Waals surface area (Å²) >= 11 is 1.75. The van der Waals surface area contributed by atoms with Gasteiger partial charge in [0.05, 0.1) is 6.04 Å². The first kappa shape index (κ1) is 9.68. The van der Waals surface area contributed by atoms with E-state index in [9.17, 15) is 0 Å². The minimum atomic E-state index is 0.509. The largest absolute Gasteiger partial charge is 0.297 e. The first-order valence-corrected chi connectivity index (χ1v) is 5.27. The number of thiazole rings is 1. The Morgan fingerprint density at radius 3 is 2.75 bits per heavy atom. The third-order valence-corrected chi connectivity index (χ3v) is 3.03. The number of hydrogen-bond donors (Lipinski definition) is 0. The van der Waals surface area contributed by atoms with E-state index in [0.717, 1.165) is 13.0 Å². The highest BCUT2D eigenvalue weighted by Gasteiger charge is 2.15. The minimum Gasteiger partial charge on any atom is -0.297 e. The van der Waals surface area contributed by atoms with Crippen LogP contribution in [0.15, 0.2) is 11.6 Å². The van der Waals surface area contributed by atoms with Gasteiger partial charge in [-0.05, 0) is 20.0 Å². The predicted octanol–water partition coefficient (Wildman–Crippen LogP) is 2.55. The molecular formula is C9H16N2S. The molecule has 3 heteroatoms. The summed E-state index contributed by atoms with van der Waals surface area (Å²) in [7, 11) is 2.15. The Balaban J connectivity index is 2.69. The molecule has 12 heavy (non-hydrogen) atoms. The van der Waals surface area contributed by atoms with Crippen LogP contribution in [0, 0.1) is 0 Å². The van der Waals surface area contributed by atoms with E-state index in [2.05, 4.69) is 30.8 Å². The van der Waals surface area contributed by atoms with Crippen LogP contribution in [0.5, 0.6) is 0 Å². The summed E-state index contributed by atoms with van der Waals surface area (Å²) in [6, 6.07) is 0.509. The fraction of sp³-hybridized carbons (Fsp3) is 0.667. The van der Waals surface area contributed by atoms with E-state index in [1.54, 1.807) is 11.3 Å². The van der Waals surface area contributed by atoms with E-state index in [4.69, 9.17) is 0 Å². The molecule has 0 bridgehead atoms. The van der Waals surface area contributed by atoms with Gasteiger partial charge in [0.25, 0.3) is 0 Å². The maximum absolute atomic E-state index is 4.33. The number of nitrogens with zero attached hydrogens (tertiary/aromatic N) is 2. The molecule has 2 nitrogen and oxygen atoms in total. The monoisotopic (exact) mass is 184 g/mol. The van der Waals surface area contributed by atoms with Crippen LogP contribution in [0.25, 0.3) is 0 Å². The van der Waals surface area contributed by atoms with Crippen molar-refractivity contribution >= 4 is 11.3 Å². The van der Waals surface area contributed by atoms with Crippen molar-refractivity contribution in [2.24, 2.45) is 0 Å². The van der Waals surface area contributed by atoms with E-state index in [1.165, 1.54) is 5.01 Å². The normalized spacial score (nSPS) is 13.7. The van der Waals surface area contributed by atoms with Crippen LogP contribution in [-0.2, 0) is 0 Å². The summed E-state index contributed by atoms with van der Waals surface area (Å²) in [5.74, 6) is 0. The average molecular weight is 184 g/mol. The Kier molecular flexibility index (Phi) is 3.69. The van der Waals surface area contributed by atoms with E-state index < -0.39 is 0 Å². The first-order valence-electron chi connectivity index (χ1n) is 4.39. The van der Waals surface area contributed by atoms with Crippen LogP contribution in [0.2, 0.25) is 0 Å². The standard InChI is InChI=1S/C9H16N2S/c1-4-8(11(3)5-2)9-10-6-7-12-9/h6-8H,4-5H2,1-3H3. The van der Waals surface area contributed by atoms with Gasteiger partial charge in [0.2, 0.25) is 0 Å². The summed E-state index contributed by atoms with van der Waals surface area (Å²) in [6.45, 7) is 5.46. The van der Waals surface area contributed by atoms with Crippen LogP contribution in [0.4, 0.5) is 0 Å². The predicted molar refractivity (Wildman–Crippen MR) is 53.5 cm³/mol. The first-order chi connectivity index (χ1) is 5.79. The van der Waals surface area contributed by atoms with Crippen molar-refractivity contribution in [3.63, 3.8) is 0 Å². The molecule has 0 spiro atoms. The van der Waals surface area contributed by atoms with E-state index >= 15 is 0 Å². The van der Waals surface area contributed by atoms with Crippen molar-refractivity contribution in [1.82, 2.24) is 9.88 Å². The Labute approximate surface area is 78.2 Å². The smallest absolute Gasteiger partial charge is 0.110 e. The fourth-order valence-electron chi connectivity index (χ4n) is 1.29. The fourth-order valence-corrected chi connectivity index (χ4v) is 2.18. The molecule has 0 fully saturated rings. The molecule has 1 aromatic rings. The van der Waals surface area contributed by atoms with Crippen molar-refractivity contribution in [2.45, 2.75) is 26.3 Å². The van der Waals surface area contributed by atoms with Crippen molar-refractivity contribution in [3.8, 4) is 0 Å². The lowest BCUT2D eigenvalue weighted by Gasteiger charge is -2.23. The van der Waals surface area contributed by atoms with Gasteiger partial charge in [-0.2, -0.15) is 0 Å². The molecule has 0 aliphatic heterocycles. The molecule has 1 atom stereocenters. The molecule has 0 aliphatic rings.